The average molecular weight is 291 g/mol. The first-order valence-corrected chi connectivity index (χ1v) is 9.60. The molecule has 0 unspecified atom stereocenters. The molecule has 0 fully saturated rings. The molecule has 0 atom stereocenters. The molecule has 3 N–H and O–H groups in total. The van der Waals surface area contributed by atoms with E-state index in [1.165, 1.54) is 0 Å². The Morgan fingerprint density at radius 1 is 0.810 bits per heavy atom. The number of nitrogens with two attached hydrogens (primary N) is 1. The van der Waals surface area contributed by atoms with Crippen LogP contribution in [0.15, 0.2) is 48.5 Å². The molecule has 0 amide bonds. The van der Waals surface area contributed by atoms with Crippen LogP contribution in [-0.2, 0) is 0 Å². The van der Waals surface area contributed by atoms with Gasteiger partial charge in [0.25, 0.3) is 0 Å². The van der Waals surface area contributed by atoms with Gasteiger partial charge in [-0.3, -0.25) is 0 Å². The van der Waals surface area contributed by atoms with Crippen molar-refractivity contribution in [3.63, 3.8) is 0 Å². The van der Waals surface area contributed by atoms with Gasteiger partial charge < -0.3 is 10.5 Å². The molecule has 0 aromatic heterocycles. The molecule has 104 valence electrons. The summed E-state index contributed by atoms with van der Waals surface area (Å²) in [4.78, 5) is 10.0. The van der Waals surface area contributed by atoms with Gasteiger partial charge >= 0.3 is 0 Å². The fraction of sp³-hybridized carbons (Fsp3) is 0.111. The van der Waals surface area contributed by atoms with Crippen molar-refractivity contribution in [1.29, 1.82) is 0 Å². The summed E-state index contributed by atoms with van der Waals surface area (Å²) in [5.41, 5.74) is 8.12. The Kier molecular flexibility index (Phi) is 4.50. The monoisotopic (exact) mass is 291 g/mol. The molecule has 0 aliphatic carbocycles. The van der Waals surface area contributed by atoms with Gasteiger partial charge in [0.05, 0.1) is 0 Å². The van der Waals surface area contributed by atoms with Gasteiger partial charge in [0, 0.05) is 16.8 Å². The van der Waals surface area contributed by atoms with Crippen molar-refractivity contribution in [2.24, 2.45) is 0 Å². The minimum absolute atomic E-state index is 0.724. The van der Waals surface area contributed by atoms with Crippen LogP contribution in [0.5, 0.6) is 0 Å². The van der Waals surface area contributed by atoms with Crippen LogP contribution in [0, 0.1) is 23.7 Å². The fourth-order valence-electron chi connectivity index (χ4n) is 1.73. The average Bonchev–Trinajstić information content (AvgIpc) is 2.45. The van der Waals surface area contributed by atoms with Crippen molar-refractivity contribution in [3.05, 3.63) is 59.7 Å². The zero-order chi connectivity index (χ0) is 15.3. The van der Waals surface area contributed by atoms with Crippen LogP contribution in [0.3, 0.4) is 0 Å². The van der Waals surface area contributed by atoms with Gasteiger partial charge in [0.2, 0.25) is 8.32 Å². The summed E-state index contributed by atoms with van der Waals surface area (Å²) < 4.78 is 0. The normalized spacial score (nSPS) is 10.0. The summed E-state index contributed by atoms with van der Waals surface area (Å²) in [5, 5.41) is 1.00. The van der Waals surface area contributed by atoms with E-state index in [2.05, 4.69) is 23.7 Å². The van der Waals surface area contributed by atoms with Crippen LogP contribution < -0.4 is 10.9 Å². The molecule has 2 aromatic rings. The first-order valence-electron chi connectivity index (χ1n) is 6.66. The number of benzene rings is 2. The maximum atomic E-state index is 10.0. The van der Waals surface area contributed by atoms with E-state index in [0.717, 1.165) is 22.0 Å². The standard InChI is InChI=1S/C18H17NOSi/c1-21(2,20)18-13-9-16(10-14-18)6-4-3-5-15-7-11-17(19)12-8-15/h7-14,20H,19H2,1-2H3. The topological polar surface area (TPSA) is 46.2 Å². The summed E-state index contributed by atoms with van der Waals surface area (Å²) in [5.74, 6) is 11.6. The third-order valence-electron chi connectivity index (χ3n) is 2.98. The molecule has 0 saturated heterocycles. The van der Waals surface area contributed by atoms with Crippen molar-refractivity contribution in [2.45, 2.75) is 13.1 Å². The lowest BCUT2D eigenvalue weighted by Gasteiger charge is -2.13. The molecule has 2 rings (SSSR count). The van der Waals surface area contributed by atoms with E-state index in [1.807, 2.05) is 61.6 Å². The molecule has 3 heteroatoms. The SMILES string of the molecule is C[Si](C)(O)c1ccc(C#CC#Cc2ccc(N)cc2)cc1. The van der Waals surface area contributed by atoms with E-state index in [4.69, 9.17) is 5.73 Å². The summed E-state index contributed by atoms with van der Waals surface area (Å²) >= 11 is 0. The van der Waals surface area contributed by atoms with Gasteiger partial charge in [0.1, 0.15) is 0 Å². The zero-order valence-corrected chi connectivity index (χ0v) is 13.1. The van der Waals surface area contributed by atoms with Crippen molar-refractivity contribution >= 4 is 19.2 Å². The summed E-state index contributed by atoms with van der Waals surface area (Å²) in [6.07, 6.45) is 0. The summed E-state index contributed by atoms with van der Waals surface area (Å²) in [6.45, 7) is 3.79. The highest BCUT2D eigenvalue weighted by Crippen LogP contribution is 2.03. The van der Waals surface area contributed by atoms with Gasteiger partial charge in [-0.1, -0.05) is 24.0 Å². The van der Waals surface area contributed by atoms with Crippen molar-refractivity contribution < 1.29 is 4.80 Å². The lowest BCUT2D eigenvalue weighted by molar-refractivity contribution is 0.568. The molecule has 0 heterocycles. The molecule has 0 bridgehead atoms. The number of hydrogen-bond acceptors (Lipinski definition) is 2. The first-order chi connectivity index (χ1) is 9.95. The fourth-order valence-corrected chi connectivity index (χ4v) is 2.72. The van der Waals surface area contributed by atoms with E-state index >= 15 is 0 Å². The Balaban J connectivity index is 2.08. The summed E-state index contributed by atoms with van der Waals surface area (Å²) in [6, 6.07) is 15.1. The lowest BCUT2D eigenvalue weighted by atomic mass is 10.2. The second-order valence-corrected chi connectivity index (χ2v) is 8.95. The van der Waals surface area contributed by atoms with Crippen molar-refractivity contribution in [2.75, 3.05) is 5.73 Å². The number of rotatable bonds is 1. The third-order valence-corrected chi connectivity index (χ3v) is 4.72. The van der Waals surface area contributed by atoms with Crippen LogP contribution in [0.4, 0.5) is 5.69 Å². The highest BCUT2D eigenvalue weighted by atomic mass is 28.4. The Hall–Kier alpha value is -2.46. The highest BCUT2D eigenvalue weighted by molar-refractivity contribution is 6.83. The molecule has 0 saturated carbocycles. The lowest BCUT2D eigenvalue weighted by Crippen LogP contribution is -2.41. The van der Waals surface area contributed by atoms with Gasteiger partial charge in [-0.15, -0.1) is 0 Å². The zero-order valence-electron chi connectivity index (χ0n) is 12.1. The quantitative estimate of drug-likeness (QED) is 0.480. The largest absolute Gasteiger partial charge is 0.428 e. The Morgan fingerprint density at radius 3 is 1.67 bits per heavy atom. The smallest absolute Gasteiger partial charge is 0.213 e. The van der Waals surface area contributed by atoms with Gasteiger partial charge in [-0.25, -0.2) is 0 Å². The number of anilines is 1. The first kappa shape index (κ1) is 14.9. The highest BCUT2D eigenvalue weighted by Gasteiger charge is 2.19. The Bertz CT molecular complexity index is 733. The minimum Gasteiger partial charge on any atom is -0.428 e. The van der Waals surface area contributed by atoms with Crippen LogP contribution in [0.2, 0.25) is 13.1 Å². The molecule has 21 heavy (non-hydrogen) atoms. The van der Waals surface area contributed by atoms with E-state index in [9.17, 15) is 4.80 Å². The summed E-state index contributed by atoms with van der Waals surface area (Å²) in [7, 11) is -2.23. The molecular formula is C18H17NOSi. The molecule has 0 radical (unpaired) electrons. The molecule has 0 aliphatic heterocycles. The molecular weight excluding hydrogens is 274 g/mol. The maximum Gasteiger partial charge on any atom is 0.213 e. The van der Waals surface area contributed by atoms with Crippen molar-refractivity contribution in [3.8, 4) is 23.7 Å². The van der Waals surface area contributed by atoms with E-state index in [0.29, 0.717) is 0 Å². The molecule has 2 aromatic carbocycles. The maximum absolute atomic E-state index is 10.0. The molecule has 0 aliphatic rings. The van der Waals surface area contributed by atoms with Crippen LogP contribution >= 0.6 is 0 Å². The van der Waals surface area contributed by atoms with Gasteiger partial charge in [-0.05, 0) is 66.5 Å². The predicted octanol–water partition coefficient (Wildman–Crippen LogP) is 2.08. The van der Waals surface area contributed by atoms with Gasteiger partial charge in [0.15, 0.2) is 0 Å². The van der Waals surface area contributed by atoms with E-state index in [-0.39, 0.29) is 0 Å². The molecule has 0 spiro atoms. The Morgan fingerprint density at radius 2 is 1.24 bits per heavy atom. The van der Waals surface area contributed by atoms with Crippen LogP contribution in [0.25, 0.3) is 0 Å². The predicted molar refractivity (Wildman–Crippen MR) is 90.4 cm³/mol. The minimum atomic E-state index is -2.23. The number of hydrogen-bond donors (Lipinski definition) is 2. The van der Waals surface area contributed by atoms with Crippen LogP contribution in [-0.4, -0.2) is 13.1 Å². The van der Waals surface area contributed by atoms with Crippen LogP contribution in [0.1, 0.15) is 11.1 Å². The van der Waals surface area contributed by atoms with Gasteiger partial charge in [-0.2, -0.15) is 0 Å². The Labute approximate surface area is 126 Å². The van der Waals surface area contributed by atoms with E-state index < -0.39 is 8.32 Å². The van der Waals surface area contributed by atoms with E-state index in [1.54, 1.807) is 0 Å². The second-order valence-electron chi connectivity index (χ2n) is 5.26. The van der Waals surface area contributed by atoms with Crippen molar-refractivity contribution in [1.82, 2.24) is 0 Å². The number of nitrogen functional groups attached to an aromatic ring is 1. The third kappa shape index (κ3) is 4.54. The molecule has 2 nitrogen and oxygen atoms in total. The second kappa shape index (κ2) is 6.32.